The topological polar surface area (TPSA) is 95.9 Å². The minimum absolute atomic E-state index is 0.0251. The van der Waals surface area contributed by atoms with Crippen molar-refractivity contribution in [1.82, 2.24) is 10.2 Å². The van der Waals surface area contributed by atoms with E-state index < -0.39 is 12.1 Å². The van der Waals surface area contributed by atoms with Gasteiger partial charge in [0.2, 0.25) is 5.91 Å². The SMILES string of the molecule is O=C(NCC(=O)N1CCC2(CC1)CC2C(=O)O)OCC1c2ccccc2-c2ccccc21. The lowest BCUT2D eigenvalue weighted by atomic mass is 9.91. The van der Waals surface area contributed by atoms with Crippen LogP contribution in [0.4, 0.5) is 4.79 Å². The number of amides is 2. The molecule has 2 aromatic rings. The van der Waals surface area contributed by atoms with E-state index in [1.54, 1.807) is 4.90 Å². The minimum atomic E-state index is -0.735. The molecule has 2 aliphatic carbocycles. The minimum Gasteiger partial charge on any atom is -0.481 e. The highest BCUT2D eigenvalue weighted by molar-refractivity contribution is 5.83. The van der Waals surface area contributed by atoms with Crippen molar-refractivity contribution >= 4 is 18.0 Å². The largest absolute Gasteiger partial charge is 0.481 e. The average Bonchev–Trinajstić information content (AvgIpc) is 3.42. The predicted molar refractivity (Wildman–Crippen MR) is 117 cm³/mol. The molecule has 32 heavy (non-hydrogen) atoms. The summed E-state index contributed by atoms with van der Waals surface area (Å²) in [6, 6.07) is 16.3. The van der Waals surface area contributed by atoms with Crippen molar-refractivity contribution < 1.29 is 24.2 Å². The zero-order valence-corrected chi connectivity index (χ0v) is 17.8. The summed E-state index contributed by atoms with van der Waals surface area (Å²) in [6.45, 7) is 1.16. The Morgan fingerprint density at radius 1 is 1.00 bits per heavy atom. The molecule has 1 saturated heterocycles. The number of nitrogens with zero attached hydrogens (tertiary/aromatic N) is 1. The van der Waals surface area contributed by atoms with E-state index in [0.29, 0.717) is 32.4 Å². The van der Waals surface area contributed by atoms with Gasteiger partial charge >= 0.3 is 12.1 Å². The summed E-state index contributed by atoms with van der Waals surface area (Å²) in [5.74, 6) is -1.19. The second-order valence-electron chi connectivity index (χ2n) is 9.02. The van der Waals surface area contributed by atoms with Gasteiger partial charge in [-0.1, -0.05) is 48.5 Å². The standard InChI is InChI=1S/C25H26N2O5/c28-22(27-11-9-25(10-12-27)13-21(25)23(29)30)14-26-24(31)32-15-20-18-7-3-1-5-16(18)17-6-2-4-8-19(17)20/h1-8,20-21H,9-15H2,(H,26,31)(H,29,30). The summed E-state index contributed by atoms with van der Waals surface area (Å²) in [6.07, 6.45) is 1.52. The van der Waals surface area contributed by atoms with Crippen molar-refractivity contribution in [3.63, 3.8) is 0 Å². The number of hydrogen-bond donors (Lipinski definition) is 2. The number of nitrogens with one attached hydrogen (secondary N) is 1. The van der Waals surface area contributed by atoms with Gasteiger partial charge in [-0.15, -0.1) is 0 Å². The van der Waals surface area contributed by atoms with Crippen LogP contribution in [0.5, 0.6) is 0 Å². The molecule has 5 rings (SSSR count). The molecule has 2 aromatic carbocycles. The maximum atomic E-state index is 12.5. The van der Waals surface area contributed by atoms with Gasteiger partial charge < -0.3 is 20.1 Å². The Balaban J connectivity index is 1.11. The van der Waals surface area contributed by atoms with Crippen molar-refractivity contribution in [3.05, 3.63) is 59.7 Å². The van der Waals surface area contributed by atoms with Crippen molar-refractivity contribution in [2.75, 3.05) is 26.2 Å². The predicted octanol–water partition coefficient (Wildman–Crippen LogP) is 3.24. The van der Waals surface area contributed by atoms with Crippen LogP contribution in [0.15, 0.2) is 48.5 Å². The van der Waals surface area contributed by atoms with Crippen LogP contribution in [0.3, 0.4) is 0 Å². The molecule has 3 aliphatic rings. The molecular weight excluding hydrogens is 408 g/mol. The van der Waals surface area contributed by atoms with Gasteiger partial charge in [-0.25, -0.2) is 4.79 Å². The van der Waals surface area contributed by atoms with E-state index >= 15 is 0 Å². The Labute approximate surface area is 186 Å². The quantitative estimate of drug-likeness (QED) is 0.753. The van der Waals surface area contributed by atoms with Crippen LogP contribution in [-0.2, 0) is 14.3 Å². The summed E-state index contributed by atoms with van der Waals surface area (Å²) >= 11 is 0. The molecular formula is C25H26N2O5. The first kappa shape index (κ1) is 20.5. The monoisotopic (exact) mass is 434 g/mol. The first-order chi connectivity index (χ1) is 15.5. The van der Waals surface area contributed by atoms with Gasteiger partial charge in [0.15, 0.2) is 0 Å². The maximum Gasteiger partial charge on any atom is 0.407 e. The van der Waals surface area contributed by atoms with Crippen molar-refractivity contribution in [2.24, 2.45) is 11.3 Å². The zero-order chi connectivity index (χ0) is 22.3. The van der Waals surface area contributed by atoms with Gasteiger partial charge in [-0.3, -0.25) is 9.59 Å². The van der Waals surface area contributed by atoms with Crippen LogP contribution in [0, 0.1) is 11.3 Å². The highest BCUT2D eigenvalue weighted by Gasteiger charge is 2.59. The van der Waals surface area contributed by atoms with Gasteiger partial charge in [0.1, 0.15) is 13.2 Å². The average molecular weight is 434 g/mol. The molecule has 7 heteroatoms. The Kier molecular flexibility index (Phi) is 5.12. The van der Waals surface area contributed by atoms with Gasteiger partial charge in [0, 0.05) is 19.0 Å². The number of carboxylic acids is 1. The number of carbonyl (C=O) groups is 3. The zero-order valence-electron chi connectivity index (χ0n) is 17.8. The highest BCUT2D eigenvalue weighted by atomic mass is 16.5. The van der Waals surface area contributed by atoms with E-state index in [2.05, 4.69) is 29.6 Å². The smallest absolute Gasteiger partial charge is 0.407 e. The summed E-state index contributed by atoms with van der Waals surface area (Å²) < 4.78 is 5.47. The lowest BCUT2D eigenvalue weighted by Crippen LogP contribution is -2.45. The number of carbonyl (C=O) groups excluding carboxylic acids is 2. The number of aliphatic carboxylic acids is 1. The fourth-order valence-electron chi connectivity index (χ4n) is 5.36. The third-order valence-electron chi connectivity index (χ3n) is 7.33. The first-order valence-corrected chi connectivity index (χ1v) is 11.1. The first-order valence-electron chi connectivity index (χ1n) is 11.1. The lowest BCUT2D eigenvalue weighted by Gasteiger charge is -2.32. The molecule has 0 radical (unpaired) electrons. The molecule has 2 fully saturated rings. The third-order valence-corrected chi connectivity index (χ3v) is 7.33. The fourth-order valence-corrected chi connectivity index (χ4v) is 5.36. The van der Waals surface area contributed by atoms with E-state index in [0.717, 1.165) is 22.3 Å². The van der Waals surface area contributed by atoms with Gasteiger partial charge in [-0.05, 0) is 46.9 Å². The molecule has 1 aliphatic heterocycles. The summed E-state index contributed by atoms with van der Waals surface area (Å²) in [5.41, 5.74) is 4.48. The second kappa shape index (κ2) is 7.97. The molecule has 2 amide bonds. The van der Waals surface area contributed by atoms with E-state index in [4.69, 9.17) is 4.74 Å². The van der Waals surface area contributed by atoms with Crippen molar-refractivity contribution in [3.8, 4) is 11.1 Å². The maximum absolute atomic E-state index is 12.5. The van der Waals surface area contributed by atoms with Crippen LogP contribution in [-0.4, -0.2) is 54.2 Å². The van der Waals surface area contributed by atoms with Gasteiger partial charge in [0.05, 0.1) is 5.92 Å². The Morgan fingerprint density at radius 3 is 2.16 bits per heavy atom. The number of likely N-dealkylation sites (tertiary alicyclic amines) is 1. The summed E-state index contributed by atoms with van der Waals surface area (Å²) in [5, 5.41) is 11.8. The van der Waals surface area contributed by atoms with Crippen LogP contribution in [0.1, 0.15) is 36.3 Å². The second-order valence-corrected chi connectivity index (χ2v) is 9.02. The van der Waals surface area contributed by atoms with Crippen LogP contribution >= 0.6 is 0 Å². The number of ether oxygens (including phenoxy) is 1. The van der Waals surface area contributed by atoms with Crippen LogP contribution < -0.4 is 5.32 Å². The van der Waals surface area contributed by atoms with Crippen molar-refractivity contribution in [1.29, 1.82) is 0 Å². The molecule has 7 nitrogen and oxygen atoms in total. The Morgan fingerprint density at radius 2 is 1.59 bits per heavy atom. The molecule has 0 bridgehead atoms. The Hall–Kier alpha value is -3.35. The van der Waals surface area contributed by atoms with Crippen LogP contribution in [0.2, 0.25) is 0 Å². The molecule has 1 heterocycles. The molecule has 1 saturated carbocycles. The number of piperidine rings is 1. The van der Waals surface area contributed by atoms with E-state index in [1.807, 2.05) is 24.3 Å². The summed E-state index contributed by atoms with van der Waals surface area (Å²) in [4.78, 5) is 37.6. The normalized spacial score (nSPS) is 20.4. The molecule has 2 N–H and O–H groups in total. The van der Waals surface area contributed by atoms with E-state index in [9.17, 15) is 19.5 Å². The third kappa shape index (κ3) is 3.61. The summed E-state index contributed by atoms with van der Waals surface area (Å²) in [7, 11) is 0. The van der Waals surface area contributed by atoms with Gasteiger partial charge in [0.25, 0.3) is 0 Å². The number of carboxylic acid groups (broad SMARTS) is 1. The number of hydrogen-bond acceptors (Lipinski definition) is 4. The molecule has 1 atom stereocenters. The molecule has 1 spiro atoms. The lowest BCUT2D eigenvalue weighted by molar-refractivity contribution is -0.139. The number of benzene rings is 2. The van der Waals surface area contributed by atoms with E-state index in [-0.39, 0.29) is 36.3 Å². The van der Waals surface area contributed by atoms with Gasteiger partial charge in [-0.2, -0.15) is 0 Å². The van der Waals surface area contributed by atoms with E-state index in [1.165, 1.54) is 0 Å². The highest BCUT2D eigenvalue weighted by Crippen LogP contribution is 2.59. The number of rotatable bonds is 5. The van der Waals surface area contributed by atoms with Crippen LogP contribution in [0.25, 0.3) is 11.1 Å². The Bertz CT molecular complexity index is 1030. The van der Waals surface area contributed by atoms with Crippen molar-refractivity contribution in [2.45, 2.75) is 25.2 Å². The number of fused-ring (bicyclic) bond motifs is 3. The number of alkyl carbamates (subject to hydrolysis) is 1. The fraction of sp³-hybridized carbons (Fsp3) is 0.400. The molecule has 1 unspecified atom stereocenters. The molecule has 0 aromatic heterocycles. The molecule has 166 valence electrons.